The van der Waals surface area contributed by atoms with Crippen LogP contribution in [0, 0.1) is 0 Å². The number of nitrogens with one attached hydrogen (secondary N) is 1. The Morgan fingerprint density at radius 2 is 1.85 bits per heavy atom. The standard InChI is InChI=1S/C13H17N3O4/c1-13(11(18)19,9-6-4-3-5-7-9)15-12(20)16(2)8-10(14)17/h3-7H,8H2,1-2H3,(H2,14,17)(H,15,20)(H,18,19). The lowest BCUT2D eigenvalue weighted by Crippen LogP contribution is -2.54. The Bertz CT molecular complexity index is 518. The smallest absolute Gasteiger partial charge is 0.333 e. The summed E-state index contributed by atoms with van der Waals surface area (Å²) in [4.78, 5) is 35.2. The fourth-order valence-corrected chi connectivity index (χ4v) is 1.64. The Hall–Kier alpha value is -2.57. The molecule has 7 heteroatoms. The first-order valence-corrected chi connectivity index (χ1v) is 5.88. The summed E-state index contributed by atoms with van der Waals surface area (Å²) in [6.07, 6.45) is 0. The molecule has 4 N–H and O–H groups in total. The quantitative estimate of drug-likeness (QED) is 0.710. The van der Waals surface area contributed by atoms with Gasteiger partial charge in [-0.25, -0.2) is 9.59 Å². The average Bonchev–Trinajstić information content (AvgIpc) is 2.38. The molecule has 0 aliphatic heterocycles. The van der Waals surface area contributed by atoms with Crippen LogP contribution in [0.25, 0.3) is 0 Å². The average molecular weight is 279 g/mol. The summed E-state index contributed by atoms with van der Waals surface area (Å²) < 4.78 is 0. The van der Waals surface area contributed by atoms with E-state index in [0.717, 1.165) is 4.90 Å². The van der Waals surface area contributed by atoms with Crippen LogP contribution in [0.3, 0.4) is 0 Å². The zero-order valence-corrected chi connectivity index (χ0v) is 11.3. The Morgan fingerprint density at radius 3 is 2.30 bits per heavy atom. The van der Waals surface area contributed by atoms with Crippen LogP contribution in [0.2, 0.25) is 0 Å². The third kappa shape index (κ3) is 3.47. The molecule has 0 aromatic heterocycles. The molecule has 0 fully saturated rings. The van der Waals surface area contributed by atoms with Gasteiger partial charge >= 0.3 is 12.0 Å². The van der Waals surface area contributed by atoms with E-state index in [1.165, 1.54) is 14.0 Å². The molecular weight excluding hydrogens is 262 g/mol. The summed E-state index contributed by atoms with van der Waals surface area (Å²) in [5.41, 5.74) is 3.82. The minimum Gasteiger partial charge on any atom is -0.479 e. The highest BCUT2D eigenvalue weighted by Crippen LogP contribution is 2.21. The van der Waals surface area contributed by atoms with E-state index in [-0.39, 0.29) is 6.54 Å². The Labute approximate surface area is 116 Å². The summed E-state index contributed by atoms with van der Waals surface area (Å²) >= 11 is 0. The van der Waals surface area contributed by atoms with Crippen LogP contribution in [0.4, 0.5) is 4.79 Å². The summed E-state index contributed by atoms with van der Waals surface area (Å²) in [5.74, 6) is -1.89. The zero-order chi connectivity index (χ0) is 15.3. The normalized spacial score (nSPS) is 13.1. The van der Waals surface area contributed by atoms with Crippen LogP contribution in [0.1, 0.15) is 12.5 Å². The van der Waals surface area contributed by atoms with Gasteiger partial charge in [-0.1, -0.05) is 30.3 Å². The number of benzene rings is 1. The molecule has 1 atom stereocenters. The summed E-state index contributed by atoms with van der Waals surface area (Å²) in [5, 5.41) is 11.8. The Balaban J connectivity index is 2.96. The highest BCUT2D eigenvalue weighted by molar-refractivity contribution is 5.88. The van der Waals surface area contributed by atoms with Crippen LogP contribution < -0.4 is 11.1 Å². The molecule has 108 valence electrons. The van der Waals surface area contributed by atoms with Crippen LogP contribution in [-0.2, 0) is 15.1 Å². The van der Waals surface area contributed by atoms with Gasteiger partial charge in [0.15, 0.2) is 5.54 Å². The lowest BCUT2D eigenvalue weighted by molar-refractivity contribution is -0.144. The van der Waals surface area contributed by atoms with E-state index in [9.17, 15) is 19.5 Å². The van der Waals surface area contributed by atoms with Gasteiger partial charge in [0.2, 0.25) is 5.91 Å². The first-order valence-electron chi connectivity index (χ1n) is 5.88. The van der Waals surface area contributed by atoms with Crippen molar-refractivity contribution in [2.24, 2.45) is 5.73 Å². The van der Waals surface area contributed by atoms with Crippen molar-refractivity contribution < 1.29 is 19.5 Å². The number of rotatable bonds is 5. The predicted octanol–water partition coefficient (Wildman–Crippen LogP) is 0.113. The predicted molar refractivity (Wildman–Crippen MR) is 71.8 cm³/mol. The van der Waals surface area contributed by atoms with Crippen molar-refractivity contribution in [3.63, 3.8) is 0 Å². The van der Waals surface area contributed by atoms with Gasteiger partial charge in [0, 0.05) is 7.05 Å². The van der Waals surface area contributed by atoms with Crippen LogP contribution >= 0.6 is 0 Å². The fourth-order valence-electron chi connectivity index (χ4n) is 1.64. The first kappa shape index (κ1) is 15.5. The van der Waals surface area contributed by atoms with Gasteiger partial charge in [-0.05, 0) is 12.5 Å². The number of nitrogens with zero attached hydrogens (tertiary/aromatic N) is 1. The minimum atomic E-state index is -1.59. The van der Waals surface area contributed by atoms with E-state index < -0.39 is 23.4 Å². The van der Waals surface area contributed by atoms with Crippen molar-refractivity contribution in [3.8, 4) is 0 Å². The van der Waals surface area contributed by atoms with Gasteiger partial charge in [-0.15, -0.1) is 0 Å². The van der Waals surface area contributed by atoms with Gasteiger partial charge in [-0.2, -0.15) is 0 Å². The Kier molecular flexibility index (Phi) is 4.68. The molecule has 7 nitrogen and oxygen atoms in total. The second-order valence-electron chi connectivity index (χ2n) is 4.55. The molecular formula is C13H17N3O4. The molecule has 0 bridgehead atoms. The zero-order valence-electron chi connectivity index (χ0n) is 11.3. The highest BCUT2D eigenvalue weighted by Gasteiger charge is 2.37. The number of carboxylic acids is 1. The number of hydrogen-bond acceptors (Lipinski definition) is 3. The van der Waals surface area contributed by atoms with E-state index in [2.05, 4.69) is 5.32 Å². The van der Waals surface area contributed by atoms with Crippen molar-refractivity contribution in [2.45, 2.75) is 12.5 Å². The molecule has 0 aliphatic rings. The maximum absolute atomic E-state index is 11.9. The van der Waals surface area contributed by atoms with Crippen molar-refractivity contribution in [1.82, 2.24) is 10.2 Å². The number of urea groups is 1. The molecule has 1 rings (SSSR count). The van der Waals surface area contributed by atoms with Gasteiger partial charge in [-0.3, -0.25) is 4.79 Å². The number of likely N-dealkylation sites (N-methyl/N-ethyl adjacent to an activating group) is 1. The largest absolute Gasteiger partial charge is 0.479 e. The monoisotopic (exact) mass is 279 g/mol. The molecule has 0 spiro atoms. The number of carboxylic acid groups (broad SMARTS) is 1. The molecule has 0 saturated carbocycles. The SMILES string of the molecule is CN(CC(N)=O)C(=O)NC(C)(C(=O)O)c1ccccc1. The molecule has 1 aromatic rings. The third-order valence-electron chi connectivity index (χ3n) is 2.88. The van der Waals surface area contributed by atoms with Crippen molar-refractivity contribution in [1.29, 1.82) is 0 Å². The van der Waals surface area contributed by atoms with E-state index >= 15 is 0 Å². The van der Waals surface area contributed by atoms with Gasteiger partial charge in [0.05, 0.1) is 0 Å². The number of aliphatic carboxylic acids is 1. The number of carbonyl (C=O) groups excluding carboxylic acids is 2. The van der Waals surface area contributed by atoms with Crippen LogP contribution in [-0.4, -0.2) is 41.5 Å². The second-order valence-corrected chi connectivity index (χ2v) is 4.55. The van der Waals surface area contributed by atoms with Gasteiger partial charge in [0.1, 0.15) is 6.54 Å². The van der Waals surface area contributed by atoms with Crippen LogP contribution in [0.15, 0.2) is 30.3 Å². The number of amides is 3. The molecule has 1 aromatic carbocycles. The molecule has 20 heavy (non-hydrogen) atoms. The highest BCUT2D eigenvalue weighted by atomic mass is 16.4. The number of carbonyl (C=O) groups is 3. The summed E-state index contributed by atoms with van der Waals surface area (Å²) in [7, 11) is 1.35. The Morgan fingerprint density at radius 1 is 1.30 bits per heavy atom. The lowest BCUT2D eigenvalue weighted by Gasteiger charge is -2.29. The molecule has 0 saturated heterocycles. The van der Waals surface area contributed by atoms with E-state index in [1.54, 1.807) is 30.3 Å². The molecule has 0 heterocycles. The maximum Gasteiger partial charge on any atom is 0.333 e. The maximum atomic E-state index is 11.9. The van der Waals surface area contributed by atoms with E-state index in [4.69, 9.17) is 5.73 Å². The van der Waals surface area contributed by atoms with E-state index in [0.29, 0.717) is 5.56 Å². The van der Waals surface area contributed by atoms with Crippen molar-refractivity contribution in [3.05, 3.63) is 35.9 Å². The fraction of sp³-hybridized carbons (Fsp3) is 0.308. The number of hydrogen-bond donors (Lipinski definition) is 3. The van der Waals surface area contributed by atoms with Gasteiger partial charge < -0.3 is 21.1 Å². The summed E-state index contributed by atoms with van der Waals surface area (Å²) in [6.45, 7) is 1.08. The van der Waals surface area contributed by atoms with Crippen molar-refractivity contribution in [2.75, 3.05) is 13.6 Å². The first-order chi connectivity index (χ1) is 9.27. The van der Waals surface area contributed by atoms with Crippen molar-refractivity contribution >= 4 is 17.9 Å². The van der Waals surface area contributed by atoms with Crippen LogP contribution in [0.5, 0.6) is 0 Å². The molecule has 0 aliphatic carbocycles. The third-order valence-corrected chi connectivity index (χ3v) is 2.88. The molecule has 0 radical (unpaired) electrons. The minimum absolute atomic E-state index is 0.295. The molecule has 3 amide bonds. The lowest BCUT2D eigenvalue weighted by atomic mass is 9.92. The van der Waals surface area contributed by atoms with E-state index in [1.807, 2.05) is 0 Å². The molecule has 1 unspecified atom stereocenters. The topological polar surface area (TPSA) is 113 Å². The second kappa shape index (κ2) is 6.05. The number of primary amides is 1. The summed E-state index contributed by atoms with van der Waals surface area (Å²) in [6, 6.07) is 7.60. The van der Waals surface area contributed by atoms with Gasteiger partial charge in [0.25, 0.3) is 0 Å². The number of nitrogens with two attached hydrogens (primary N) is 1.